The lowest BCUT2D eigenvalue weighted by atomic mass is 10.1. The molecule has 3 aromatic carbocycles. The van der Waals surface area contributed by atoms with Gasteiger partial charge < -0.3 is 14.8 Å². The van der Waals surface area contributed by atoms with Crippen LogP contribution in [0.1, 0.15) is 38.0 Å². The second-order valence-corrected chi connectivity index (χ2v) is 9.04. The van der Waals surface area contributed by atoms with E-state index in [9.17, 15) is 0 Å². The highest BCUT2D eigenvalue weighted by atomic mass is 32.2. The predicted molar refractivity (Wildman–Crippen MR) is 135 cm³/mol. The Labute approximate surface area is 203 Å². The van der Waals surface area contributed by atoms with Gasteiger partial charge in [-0.2, -0.15) is 4.98 Å². The molecule has 172 valence electrons. The molecule has 7 heteroatoms. The van der Waals surface area contributed by atoms with Gasteiger partial charge >= 0.3 is 0 Å². The monoisotopic (exact) mass is 470 g/mol. The van der Waals surface area contributed by atoms with Gasteiger partial charge in [-0.3, -0.25) is 0 Å². The maximum Gasteiger partial charge on any atom is 0.247 e. The lowest BCUT2D eigenvalue weighted by molar-refractivity contribution is 0.225. The van der Waals surface area contributed by atoms with Crippen molar-refractivity contribution >= 4 is 17.4 Å². The first-order valence-corrected chi connectivity index (χ1v) is 12.5. The van der Waals surface area contributed by atoms with Crippen LogP contribution in [0.4, 0.5) is 5.69 Å². The highest BCUT2D eigenvalue weighted by Gasteiger charge is 2.26. The Morgan fingerprint density at radius 1 is 0.912 bits per heavy atom. The van der Waals surface area contributed by atoms with Gasteiger partial charge in [0.1, 0.15) is 11.5 Å². The average molecular weight is 471 g/mol. The van der Waals surface area contributed by atoms with Crippen LogP contribution in [0.2, 0.25) is 0 Å². The van der Waals surface area contributed by atoms with E-state index in [1.165, 1.54) is 12.8 Å². The zero-order chi connectivity index (χ0) is 23.2. The summed E-state index contributed by atoms with van der Waals surface area (Å²) in [6.45, 7) is 2.20. The number of unbranched alkanes of at least 4 members (excludes halogenated alkanes) is 2. The van der Waals surface area contributed by atoms with Crippen molar-refractivity contribution < 1.29 is 9.47 Å². The van der Waals surface area contributed by atoms with Gasteiger partial charge in [0.25, 0.3) is 0 Å². The van der Waals surface area contributed by atoms with Crippen molar-refractivity contribution in [1.82, 2.24) is 15.2 Å². The molecule has 0 radical (unpaired) electrons. The third-order valence-corrected chi connectivity index (χ3v) is 6.38. The van der Waals surface area contributed by atoms with Crippen molar-refractivity contribution in [3.8, 4) is 28.6 Å². The number of hydrogen-bond acceptors (Lipinski definition) is 7. The number of nitrogens with zero attached hydrogens (tertiary/aromatic N) is 3. The normalized spacial score (nSPS) is 14.2. The molecule has 0 saturated heterocycles. The standard InChI is InChI=1S/C27H26N4O2S/c1-2-3-9-17-34-27-29-26-24(30-31-27)22-15-7-8-16-23(22)28-25(33-26)19-11-10-14-21(18-19)32-20-12-5-4-6-13-20/h4-8,10-16,18,25,28H,2-3,9,17H2,1H3/t25-/m1/s1. The summed E-state index contributed by atoms with van der Waals surface area (Å²) in [5, 5.41) is 13.0. The number of anilines is 1. The van der Waals surface area contributed by atoms with Crippen molar-refractivity contribution in [2.75, 3.05) is 11.1 Å². The molecule has 5 rings (SSSR count). The molecule has 6 nitrogen and oxygen atoms in total. The summed E-state index contributed by atoms with van der Waals surface area (Å²) < 4.78 is 12.4. The lowest BCUT2D eigenvalue weighted by Crippen LogP contribution is -2.17. The van der Waals surface area contributed by atoms with Crippen molar-refractivity contribution in [2.24, 2.45) is 0 Å². The number of thioether (sulfide) groups is 1. The van der Waals surface area contributed by atoms with Gasteiger partial charge in [0.15, 0.2) is 11.9 Å². The second kappa shape index (κ2) is 10.6. The number of para-hydroxylation sites is 2. The molecule has 1 atom stereocenters. The largest absolute Gasteiger partial charge is 0.457 e. The molecule has 0 fully saturated rings. The molecule has 0 unspecified atom stereocenters. The molecule has 0 aliphatic carbocycles. The third kappa shape index (κ3) is 5.15. The number of hydrogen-bond donors (Lipinski definition) is 1. The molecule has 34 heavy (non-hydrogen) atoms. The number of fused-ring (bicyclic) bond motifs is 3. The fourth-order valence-corrected chi connectivity index (χ4v) is 4.52. The summed E-state index contributed by atoms with van der Waals surface area (Å²) in [7, 11) is 0. The van der Waals surface area contributed by atoms with Gasteiger partial charge in [-0.1, -0.05) is 80.1 Å². The van der Waals surface area contributed by atoms with Crippen LogP contribution >= 0.6 is 11.8 Å². The summed E-state index contributed by atoms with van der Waals surface area (Å²) in [6, 6.07) is 25.6. The lowest BCUT2D eigenvalue weighted by Gasteiger charge is -2.20. The Balaban J connectivity index is 1.45. The van der Waals surface area contributed by atoms with Crippen LogP contribution in [0.5, 0.6) is 17.4 Å². The summed E-state index contributed by atoms with van der Waals surface area (Å²) in [5.74, 6) is 2.96. The van der Waals surface area contributed by atoms with Crippen molar-refractivity contribution in [2.45, 2.75) is 37.6 Å². The van der Waals surface area contributed by atoms with Crippen LogP contribution in [0.3, 0.4) is 0 Å². The van der Waals surface area contributed by atoms with Crippen LogP contribution in [-0.2, 0) is 0 Å². The Morgan fingerprint density at radius 3 is 2.62 bits per heavy atom. The quantitative estimate of drug-likeness (QED) is 0.217. The molecule has 1 aromatic heterocycles. The van der Waals surface area contributed by atoms with Gasteiger partial charge in [-0.05, 0) is 36.8 Å². The molecule has 1 aliphatic heterocycles. The molecule has 2 heterocycles. The van der Waals surface area contributed by atoms with E-state index in [2.05, 4.69) is 22.4 Å². The van der Waals surface area contributed by atoms with Crippen molar-refractivity contribution in [3.05, 3.63) is 84.4 Å². The molecule has 0 bridgehead atoms. The topological polar surface area (TPSA) is 69.2 Å². The van der Waals surface area contributed by atoms with Gasteiger partial charge in [-0.25, -0.2) is 0 Å². The van der Waals surface area contributed by atoms with E-state index in [0.29, 0.717) is 16.7 Å². The highest BCUT2D eigenvalue weighted by Crippen LogP contribution is 2.40. The Morgan fingerprint density at radius 2 is 1.74 bits per heavy atom. The van der Waals surface area contributed by atoms with Crippen LogP contribution in [-0.4, -0.2) is 20.9 Å². The minimum Gasteiger partial charge on any atom is -0.457 e. The molecule has 1 N–H and O–H groups in total. The number of aromatic nitrogens is 3. The van der Waals surface area contributed by atoms with Gasteiger partial charge in [0, 0.05) is 22.6 Å². The second-order valence-electron chi connectivity index (χ2n) is 7.98. The van der Waals surface area contributed by atoms with Gasteiger partial charge in [0.2, 0.25) is 11.0 Å². The molecular weight excluding hydrogens is 444 g/mol. The molecule has 0 saturated carbocycles. The Bertz CT molecular complexity index is 1250. The fraction of sp³-hybridized carbons (Fsp3) is 0.222. The summed E-state index contributed by atoms with van der Waals surface area (Å²) >= 11 is 1.62. The van der Waals surface area contributed by atoms with Crippen LogP contribution in [0.15, 0.2) is 84.0 Å². The van der Waals surface area contributed by atoms with Gasteiger partial charge in [-0.15, -0.1) is 10.2 Å². The first-order chi connectivity index (χ1) is 16.8. The van der Waals surface area contributed by atoms with Crippen LogP contribution in [0.25, 0.3) is 11.3 Å². The molecular formula is C27H26N4O2S. The van der Waals surface area contributed by atoms with Crippen molar-refractivity contribution in [3.63, 3.8) is 0 Å². The predicted octanol–water partition coefficient (Wildman–Crippen LogP) is 7.12. The van der Waals surface area contributed by atoms with E-state index in [0.717, 1.165) is 40.5 Å². The SMILES string of the molecule is CCCCCSc1nnc2c(n1)O[C@H](c1cccc(Oc3ccccc3)c1)Nc1ccccc1-2. The van der Waals surface area contributed by atoms with Crippen molar-refractivity contribution in [1.29, 1.82) is 0 Å². The average Bonchev–Trinajstić information content (AvgIpc) is 3.04. The van der Waals surface area contributed by atoms with E-state index in [1.54, 1.807) is 11.8 Å². The summed E-state index contributed by atoms with van der Waals surface area (Å²) in [6.07, 6.45) is 3.05. The molecule has 0 amide bonds. The zero-order valence-electron chi connectivity index (χ0n) is 19.0. The highest BCUT2D eigenvalue weighted by molar-refractivity contribution is 7.99. The number of nitrogens with one attached hydrogen (secondary N) is 1. The van der Waals surface area contributed by atoms with E-state index < -0.39 is 6.23 Å². The van der Waals surface area contributed by atoms with Crippen LogP contribution < -0.4 is 14.8 Å². The molecule has 0 spiro atoms. The third-order valence-electron chi connectivity index (χ3n) is 5.45. The van der Waals surface area contributed by atoms with E-state index >= 15 is 0 Å². The molecule has 1 aliphatic rings. The summed E-state index contributed by atoms with van der Waals surface area (Å²) in [5.41, 5.74) is 3.39. The van der Waals surface area contributed by atoms with Crippen LogP contribution in [0, 0.1) is 0 Å². The minimum absolute atomic E-state index is 0.462. The van der Waals surface area contributed by atoms with E-state index in [1.807, 2.05) is 78.9 Å². The first-order valence-electron chi connectivity index (χ1n) is 11.5. The maximum atomic E-state index is 6.41. The minimum atomic E-state index is -0.462. The first kappa shape index (κ1) is 22.2. The Hall–Kier alpha value is -3.58. The maximum absolute atomic E-state index is 6.41. The van der Waals surface area contributed by atoms with E-state index in [-0.39, 0.29) is 0 Å². The van der Waals surface area contributed by atoms with E-state index in [4.69, 9.17) is 14.5 Å². The number of ether oxygens (including phenoxy) is 2. The number of rotatable bonds is 8. The fourth-order valence-electron chi connectivity index (χ4n) is 3.74. The zero-order valence-corrected chi connectivity index (χ0v) is 19.8. The van der Waals surface area contributed by atoms with Gasteiger partial charge in [0.05, 0.1) is 0 Å². The number of benzene rings is 3. The Kier molecular flexibility index (Phi) is 6.91. The smallest absolute Gasteiger partial charge is 0.247 e. The summed E-state index contributed by atoms with van der Waals surface area (Å²) in [4.78, 5) is 4.73. The molecule has 4 aromatic rings.